The summed E-state index contributed by atoms with van der Waals surface area (Å²) in [7, 11) is -5.84. The highest BCUT2D eigenvalue weighted by Gasteiger charge is 2.44. The van der Waals surface area contributed by atoms with Crippen LogP contribution >= 0.6 is 0 Å². The number of rotatable bonds is 0. The first-order chi connectivity index (χ1) is 6.25. The molecule has 0 aliphatic heterocycles. The zero-order valence-corrected chi connectivity index (χ0v) is 9.63. The lowest BCUT2D eigenvalue weighted by molar-refractivity contribution is -0.0510. The fourth-order valence-corrected chi connectivity index (χ4v) is 0.385. The number of halogens is 8. The van der Waals surface area contributed by atoms with Gasteiger partial charge in [-0.15, -0.1) is 0 Å². The largest absolute Gasteiger partial charge is 0.522 e. The molecular weight excluding hydrogens is 316 g/mol. The Hall–Kier alpha value is -1.43. The van der Waals surface area contributed by atoms with Crippen molar-refractivity contribution in [3.8, 4) is 0 Å². The van der Waals surface area contributed by atoms with Gasteiger partial charge in [-0.25, -0.2) is 0 Å². The van der Waals surface area contributed by atoms with Gasteiger partial charge in [0.1, 0.15) is 0 Å². The maximum atomic E-state index is 10.7. The van der Waals surface area contributed by atoms with E-state index in [9.17, 15) is 13.2 Å². The zero-order chi connectivity index (χ0) is 11.2. The van der Waals surface area contributed by atoms with Gasteiger partial charge in [0.15, 0.2) is 0 Å². The van der Waals surface area contributed by atoms with Gasteiger partial charge in [-0.05, 0) is 0 Å². The average molecular weight is 328 g/mol. The van der Waals surface area contributed by atoms with E-state index in [4.69, 9.17) is 13.0 Å². The predicted octanol–water partition coefficient (Wildman–Crippen LogP) is 2.84. The SMILES string of the molecule is F.F.F.F.F.O=S(=O)(O)C(F)(F)F.c1ccccc1. The molecule has 120 valence electrons. The van der Waals surface area contributed by atoms with Crippen molar-refractivity contribution in [2.24, 2.45) is 0 Å². The normalized spacial score (nSPS) is 8.42. The maximum Gasteiger partial charge on any atom is 0.522 e. The van der Waals surface area contributed by atoms with Gasteiger partial charge >= 0.3 is 15.6 Å². The first kappa shape index (κ1) is 36.0. The summed E-state index contributed by atoms with van der Waals surface area (Å²) in [6.07, 6.45) is 0. The van der Waals surface area contributed by atoms with Crippen molar-refractivity contribution >= 4 is 10.1 Å². The third kappa shape index (κ3) is 19.1. The summed E-state index contributed by atoms with van der Waals surface area (Å²) in [6, 6.07) is 12.0. The van der Waals surface area contributed by atoms with E-state index in [1.54, 1.807) is 0 Å². The molecule has 0 bridgehead atoms. The van der Waals surface area contributed by atoms with E-state index >= 15 is 0 Å². The van der Waals surface area contributed by atoms with Crippen molar-refractivity contribution in [3.05, 3.63) is 36.4 Å². The molecule has 3 nitrogen and oxygen atoms in total. The summed E-state index contributed by atoms with van der Waals surface area (Å²) in [4.78, 5) is 0. The third-order valence-electron chi connectivity index (χ3n) is 0.959. The van der Waals surface area contributed by atoms with Crippen molar-refractivity contribution in [2.75, 3.05) is 0 Å². The van der Waals surface area contributed by atoms with Crippen LogP contribution in [0.1, 0.15) is 0 Å². The highest BCUT2D eigenvalue weighted by Crippen LogP contribution is 2.20. The first-order valence-electron chi connectivity index (χ1n) is 3.29. The van der Waals surface area contributed by atoms with Crippen LogP contribution in [0.25, 0.3) is 0 Å². The highest BCUT2D eigenvalue weighted by molar-refractivity contribution is 7.86. The Morgan fingerprint density at radius 3 is 0.842 bits per heavy atom. The van der Waals surface area contributed by atoms with E-state index in [1.807, 2.05) is 36.4 Å². The van der Waals surface area contributed by atoms with E-state index < -0.39 is 15.6 Å². The lowest BCUT2D eigenvalue weighted by Crippen LogP contribution is -2.21. The Bertz CT molecular complexity index is 326. The van der Waals surface area contributed by atoms with Gasteiger partial charge in [0.2, 0.25) is 0 Å². The predicted molar refractivity (Wildman–Crippen MR) is 56.6 cm³/mol. The number of hydrogen-bond donors (Lipinski definition) is 1. The van der Waals surface area contributed by atoms with Gasteiger partial charge < -0.3 is 0 Å². The molecule has 0 aromatic heterocycles. The van der Waals surface area contributed by atoms with Gasteiger partial charge in [-0.3, -0.25) is 28.1 Å². The molecule has 0 saturated carbocycles. The molecule has 0 amide bonds. The third-order valence-corrected chi connectivity index (χ3v) is 1.54. The first-order valence-corrected chi connectivity index (χ1v) is 4.73. The topological polar surface area (TPSA) is 54.4 Å². The average Bonchev–Trinajstić information content (AvgIpc) is 2.05. The van der Waals surface area contributed by atoms with Crippen LogP contribution in [0.5, 0.6) is 0 Å². The van der Waals surface area contributed by atoms with E-state index in [1.165, 1.54) is 0 Å². The Morgan fingerprint density at radius 2 is 0.789 bits per heavy atom. The van der Waals surface area contributed by atoms with Gasteiger partial charge in [0, 0.05) is 0 Å². The molecule has 0 unspecified atom stereocenters. The summed E-state index contributed by atoms with van der Waals surface area (Å²) in [6.45, 7) is 0. The fraction of sp³-hybridized carbons (Fsp3) is 0.143. The minimum Gasteiger partial charge on any atom is -0.279 e. The maximum absolute atomic E-state index is 10.7. The minimum atomic E-state index is -5.84. The van der Waals surface area contributed by atoms with Gasteiger partial charge in [0.25, 0.3) is 0 Å². The van der Waals surface area contributed by atoms with Crippen LogP contribution in [0.2, 0.25) is 0 Å². The van der Waals surface area contributed by atoms with Crippen LogP contribution < -0.4 is 0 Å². The molecule has 1 rings (SSSR count). The Kier molecular flexibility index (Phi) is 27.7. The number of benzene rings is 1. The molecule has 0 aliphatic rings. The molecule has 0 spiro atoms. The summed E-state index contributed by atoms with van der Waals surface area (Å²) < 4.78 is 57.5. The van der Waals surface area contributed by atoms with Crippen molar-refractivity contribution in [1.29, 1.82) is 0 Å². The standard InChI is InChI=1S/C6H6.CHF3O3S.5FH/c1-2-4-6-5-3-1;2-1(3,4)8(5,6)7;;;;;/h1-6H;(H,5,6,7);5*1H. The van der Waals surface area contributed by atoms with Crippen molar-refractivity contribution in [2.45, 2.75) is 5.51 Å². The minimum absolute atomic E-state index is 0. The van der Waals surface area contributed by atoms with E-state index in [2.05, 4.69) is 0 Å². The van der Waals surface area contributed by atoms with Crippen molar-refractivity contribution in [1.82, 2.24) is 0 Å². The van der Waals surface area contributed by atoms with Crippen LogP contribution in [0.3, 0.4) is 0 Å². The van der Waals surface area contributed by atoms with Crippen LogP contribution in [0, 0.1) is 0 Å². The van der Waals surface area contributed by atoms with Crippen LogP contribution in [-0.4, -0.2) is 18.5 Å². The molecule has 0 fully saturated rings. The second-order valence-electron chi connectivity index (χ2n) is 2.08. The summed E-state index contributed by atoms with van der Waals surface area (Å²) in [5.74, 6) is 0. The number of alkyl halides is 3. The van der Waals surface area contributed by atoms with Crippen LogP contribution in [0.4, 0.5) is 36.7 Å². The summed E-state index contributed by atoms with van der Waals surface area (Å²) in [5.41, 5.74) is -5.53. The van der Waals surface area contributed by atoms with Gasteiger partial charge in [-0.2, -0.15) is 21.6 Å². The molecule has 1 aromatic rings. The highest BCUT2D eigenvalue weighted by atomic mass is 32.2. The van der Waals surface area contributed by atoms with E-state index in [0.29, 0.717) is 0 Å². The molecule has 12 heteroatoms. The van der Waals surface area contributed by atoms with Crippen molar-refractivity contribution < 1.29 is 49.7 Å². The molecule has 19 heavy (non-hydrogen) atoms. The van der Waals surface area contributed by atoms with E-state index in [-0.39, 0.29) is 23.5 Å². The quantitative estimate of drug-likeness (QED) is 0.453. The molecule has 1 N–H and O–H groups in total. The van der Waals surface area contributed by atoms with Gasteiger partial charge in [0.05, 0.1) is 0 Å². The molecule has 0 heterocycles. The van der Waals surface area contributed by atoms with Crippen LogP contribution in [0.15, 0.2) is 36.4 Å². The lowest BCUT2D eigenvalue weighted by atomic mass is 10.4. The molecular formula is C7H12F8O3S. The van der Waals surface area contributed by atoms with Crippen molar-refractivity contribution in [3.63, 3.8) is 0 Å². The Balaban J connectivity index is -0.0000000357. The molecule has 0 atom stereocenters. The second-order valence-corrected chi connectivity index (χ2v) is 3.49. The molecule has 1 aromatic carbocycles. The fourth-order valence-electron chi connectivity index (χ4n) is 0.385. The summed E-state index contributed by atoms with van der Waals surface area (Å²) in [5, 5.41) is 0. The molecule has 0 saturated heterocycles. The molecule has 0 radical (unpaired) electrons. The monoisotopic (exact) mass is 328 g/mol. The number of hydrogen-bond acceptors (Lipinski definition) is 2. The smallest absolute Gasteiger partial charge is 0.279 e. The molecule has 0 aliphatic carbocycles. The Labute approximate surface area is 103 Å². The zero-order valence-electron chi connectivity index (χ0n) is 8.81. The summed E-state index contributed by atoms with van der Waals surface area (Å²) >= 11 is 0. The van der Waals surface area contributed by atoms with E-state index in [0.717, 1.165) is 0 Å². The second kappa shape index (κ2) is 14.6. The van der Waals surface area contributed by atoms with Crippen LogP contribution in [-0.2, 0) is 10.1 Å². The van der Waals surface area contributed by atoms with Gasteiger partial charge in [-0.1, -0.05) is 36.4 Å². The Morgan fingerprint density at radius 1 is 0.684 bits per heavy atom. The lowest BCUT2D eigenvalue weighted by Gasteiger charge is -1.97.